The molecule has 2 atom stereocenters. The maximum Gasteiger partial charge on any atom is 0.290 e. The van der Waals surface area contributed by atoms with Crippen LogP contribution in [0.15, 0.2) is 30.5 Å². The summed E-state index contributed by atoms with van der Waals surface area (Å²) < 4.78 is 1.09. The molecular weight excluding hydrogens is 548 g/mol. The van der Waals surface area contributed by atoms with Crippen molar-refractivity contribution in [3.05, 3.63) is 45.9 Å². The molecule has 1 aliphatic carbocycles. The number of imide groups is 1. The van der Waals surface area contributed by atoms with Crippen LogP contribution in [0, 0.1) is 0 Å². The van der Waals surface area contributed by atoms with Crippen LogP contribution in [0.1, 0.15) is 61.8 Å². The Bertz CT molecular complexity index is 1450. The summed E-state index contributed by atoms with van der Waals surface area (Å²) in [5, 5.41) is 11.5. The van der Waals surface area contributed by atoms with Crippen LogP contribution in [0.3, 0.4) is 0 Å². The number of likely N-dealkylation sites (tertiary alicyclic amines) is 1. The molecule has 2 amide bonds. The van der Waals surface area contributed by atoms with E-state index in [-0.39, 0.29) is 18.3 Å². The smallest absolute Gasteiger partial charge is 0.290 e. The number of carboxylic acid groups (broad SMARTS) is 1. The maximum absolute atomic E-state index is 12.2. The summed E-state index contributed by atoms with van der Waals surface area (Å²) in [4.78, 5) is 42.5. The molecule has 0 radical (unpaired) electrons. The molecule has 3 aliphatic heterocycles. The van der Waals surface area contributed by atoms with E-state index in [1.165, 1.54) is 53.8 Å². The summed E-state index contributed by atoms with van der Waals surface area (Å²) >= 11 is 8.35. The van der Waals surface area contributed by atoms with Crippen LogP contribution in [0.2, 0.25) is 5.02 Å². The van der Waals surface area contributed by atoms with Crippen LogP contribution in [0.5, 0.6) is 0 Å². The molecule has 7 rings (SSSR count). The molecule has 10 heteroatoms. The van der Waals surface area contributed by atoms with Crippen molar-refractivity contribution in [2.75, 3.05) is 18.0 Å². The molecule has 0 unspecified atom stereocenters. The second-order valence-corrected chi connectivity index (χ2v) is 12.8. The lowest BCUT2D eigenvalue weighted by Gasteiger charge is -2.39. The number of thiophene rings is 1. The molecule has 1 spiro atoms. The molecule has 3 aromatic rings. The highest BCUT2D eigenvalue weighted by molar-refractivity contribution is 7.19. The van der Waals surface area contributed by atoms with Gasteiger partial charge in [-0.25, -0.2) is 0 Å². The highest BCUT2D eigenvalue weighted by Gasteiger charge is 2.44. The monoisotopic (exact) mass is 580 g/mol. The molecule has 3 fully saturated rings. The summed E-state index contributed by atoms with van der Waals surface area (Å²) in [6.45, 7) is 2.30. The van der Waals surface area contributed by atoms with Gasteiger partial charge >= 0.3 is 0 Å². The van der Waals surface area contributed by atoms with Gasteiger partial charge in [0, 0.05) is 63.9 Å². The molecule has 210 valence electrons. The van der Waals surface area contributed by atoms with Gasteiger partial charge in [0.2, 0.25) is 11.8 Å². The fourth-order valence-electron chi connectivity index (χ4n) is 7.16. The second-order valence-electron chi connectivity index (χ2n) is 11.2. The molecular formula is C30H33ClN4O4S. The summed E-state index contributed by atoms with van der Waals surface area (Å²) in [6.07, 6.45) is 11.0. The molecule has 8 nitrogen and oxygen atoms in total. The van der Waals surface area contributed by atoms with E-state index >= 15 is 0 Å². The van der Waals surface area contributed by atoms with Gasteiger partial charge in [0.1, 0.15) is 0 Å². The number of aryl methyl sites for hydroxylation is 1. The van der Waals surface area contributed by atoms with Gasteiger partial charge in [-0.2, -0.15) is 0 Å². The first-order valence-corrected chi connectivity index (χ1v) is 15.2. The largest absolute Gasteiger partial charge is 0.483 e. The summed E-state index contributed by atoms with van der Waals surface area (Å²) in [6, 6.07) is 8.95. The predicted molar refractivity (Wildman–Crippen MR) is 157 cm³/mol. The third-order valence-corrected chi connectivity index (χ3v) is 10.2. The van der Waals surface area contributed by atoms with E-state index in [2.05, 4.69) is 33.4 Å². The number of hydrogen-bond acceptors (Lipinski definition) is 7. The lowest BCUT2D eigenvalue weighted by molar-refractivity contribution is -0.139. The minimum atomic E-state index is -0.250. The Kier molecular flexibility index (Phi) is 7.54. The van der Waals surface area contributed by atoms with Crippen LogP contribution in [0.4, 0.5) is 5.69 Å². The van der Waals surface area contributed by atoms with Crippen molar-refractivity contribution in [1.29, 1.82) is 0 Å². The van der Waals surface area contributed by atoms with Crippen LogP contribution in [0.25, 0.3) is 21.3 Å². The van der Waals surface area contributed by atoms with Gasteiger partial charge in [0.15, 0.2) is 0 Å². The standard InChI is InChI=1S/C29H31ClN4O2S.CH2O2/c30-19-13-18-3-1-12-33(20-6-9-29(16-20)8-2-10-32-29)27(18)23(14-19)22-7-11-31-24-15-21(37-28(22)24)17-34-25(35)4-5-26(34)36;2-1-3/h7,11,13-15,20,32H,1-6,8-10,12,16-17H2;1H,(H,2,3)/t20-,29+;/m0./s1. The van der Waals surface area contributed by atoms with Crippen molar-refractivity contribution in [2.45, 2.75) is 75.9 Å². The van der Waals surface area contributed by atoms with Gasteiger partial charge in [0.05, 0.1) is 16.8 Å². The summed E-state index contributed by atoms with van der Waals surface area (Å²) in [5.41, 5.74) is 6.22. The quantitative estimate of drug-likeness (QED) is 0.315. The average Bonchev–Trinajstić information content (AvgIpc) is 3.74. The van der Waals surface area contributed by atoms with Crippen molar-refractivity contribution in [3.8, 4) is 11.1 Å². The molecule has 40 heavy (non-hydrogen) atoms. The molecule has 2 N–H and O–H groups in total. The van der Waals surface area contributed by atoms with Crippen LogP contribution >= 0.6 is 22.9 Å². The topological polar surface area (TPSA) is 103 Å². The van der Waals surface area contributed by atoms with E-state index in [1.807, 2.05) is 12.3 Å². The number of nitrogens with one attached hydrogen (secondary N) is 1. The van der Waals surface area contributed by atoms with Crippen molar-refractivity contribution in [3.63, 3.8) is 0 Å². The van der Waals surface area contributed by atoms with E-state index in [1.54, 1.807) is 11.3 Å². The van der Waals surface area contributed by atoms with Crippen molar-refractivity contribution >= 4 is 57.1 Å². The predicted octanol–water partition coefficient (Wildman–Crippen LogP) is 5.39. The fourth-order valence-corrected chi connectivity index (χ4v) is 8.53. The minimum absolute atomic E-state index is 0.0821. The van der Waals surface area contributed by atoms with E-state index in [0.29, 0.717) is 31.0 Å². The number of carbonyl (C=O) groups excluding carboxylic acids is 2. The highest BCUT2D eigenvalue weighted by atomic mass is 35.5. The number of anilines is 1. The number of amides is 2. The number of nitrogens with zero attached hydrogens (tertiary/aromatic N) is 3. The molecule has 0 bridgehead atoms. The molecule has 2 aromatic heterocycles. The van der Waals surface area contributed by atoms with Gasteiger partial charge in [-0.05, 0) is 81.3 Å². The van der Waals surface area contributed by atoms with Crippen molar-refractivity contribution in [2.24, 2.45) is 0 Å². The zero-order chi connectivity index (χ0) is 27.9. The normalized spacial score (nSPS) is 24.1. The number of pyridine rings is 1. The van der Waals surface area contributed by atoms with Gasteiger partial charge in [-0.1, -0.05) is 11.6 Å². The molecule has 4 aliphatic rings. The number of fused-ring (bicyclic) bond motifs is 2. The Morgan fingerprint density at radius 2 is 1.93 bits per heavy atom. The van der Waals surface area contributed by atoms with Gasteiger partial charge in [0.25, 0.3) is 6.47 Å². The minimum Gasteiger partial charge on any atom is -0.483 e. The Morgan fingerprint density at radius 3 is 2.67 bits per heavy atom. The van der Waals surface area contributed by atoms with Crippen LogP contribution in [-0.4, -0.2) is 57.9 Å². The number of carbonyl (C=O) groups is 3. The Balaban J connectivity index is 0.000000925. The Hall–Kier alpha value is -3.01. The molecule has 1 aromatic carbocycles. The molecule has 5 heterocycles. The zero-order valence-corrected chi connectivity index (χ0v) is 23.9. The first-order chi connectivity index (χ1) is 19.4. The van der Waals surface area contributed by atoms with Crippen LogP contribution < -0.4 is 10.2 Å². The zero-order valence-electron chi connectivity index (χ0n) is 22.3. The van der Waals surface area contributed by atoms with E-state index in [9.17, 15) is 9.59 Å². The highest BCUT2D eigenvalue weighted by Crippen LogP contribution is 2.47. The SMILES string of the molecule is O=C1CCC(=O)N1Cc1cc2nccc(-c3cc(Cl)cc4c3N([C@H]3CC[C@]5(CCCN5)C3)CCC4)c2s1.O=CO. The number of rotatable bonds is 4. The van der Waals surface area contributed by atoms with E-state index in [0.717, 1.165) is 51.6 Å². The van der Waals surface area contributed by atoms with E-state index < -0.39 is 0 Å². The number of aromatic nitrogens is 1. The van der Waals surface area contributed by atoms with Crippen LogP contribution in [-0.2, 0) is 27.3 Å². The van der Waals surface area contributed by atoms with Gasteiger partial charge < -0.3 is 15.3 Å². The third kappa shape index (κ3) is 4.99. The molecule has 2 saturated heterocycles. The third-order valence-electron chi connectivity index (χ3n) is 8.86. The summed E-state index contributed by atoms with van der Waals surface area (Å²) in [5.74, 6) is -0.164. The van der Waals surface area contributed by atoms with Crippen molar-refractivity contribution in [1.82, 2.24) is 15.2 Å². The van der Waals surface area contributed by atoms with E-state index in [4.69, 9.17) is 21.5 Å². The van der Waals surface area contributed by atoms with Gasteiger partial charge in [-0.3, -0.25) is 24.3 Å². The average molecular weight is 581 g/mol. The lowest BCUT2D eigenvalue weighted by atomic mass is 9.91. The first kappa shape index (κ1) is 27.2. The Morgan fingerprint density at radius 1 is 1.12 bits per heavy atom. The lowest BCUT2D eigenvalue weighted by Crippen LogP contribution is -2.42. The number of hydrogen-bond donors (Lipinski definition) is 2. The number of benzene rings is 1. The van der Waals surface area contributed by atoms with Gasteiger partial charge in [-0.15, -0.1) is 11.3 Å². The first-order valence-electron chi connectivity index (χ1n) is 14.0. The van der Waals surface area contributed by atoms with Crippen molar-refractivity contribution < 1.29 is 19.5 Å². The summed E-state index contributed by atoms with van der Waals surface area (Å²) in [7, 11) is 0. The fraction of sp³-hybridized carbons (Fsp3) is 0.467. The molecule has 1 saturated carbocycles. The Labute approximate surface area is 242 Å². The second kappa shape index (κ2) is 11.1. The maximum atomic E-state index is 12.2. The number of halogens is 1.